The molecular weight excluding hydrogens is 291 g/mol. The van der Waals surface area contributed by atoms with Crippen LogP contribution >= 0.6 is 12.4 Å². The number of rotatable bonds is 3. The Kier molecular flexibility index (Phi) is 5.32. The zero-order valence-electron chi connectivity index (χ0n) is 10.9. The molecule has 1 aliphatic heterocycles. The van der Waals surface area contributed by atoms with E-state index in [1.54, 1.807) is 7.05 Å². The molecular formula is C12H18ClFN2O2S. The van der Waals surface area contributed by atoms with Gasteiger partial charge in [-0.05, 0) is 32.0 Å². The van der Waals surface area contributed by atoms with E-state index in [1.807, 2.05) is 0 Å². The second-order valence-corrected chi connectivity index (χ2v) is 6.50. The molecule has 7 heteroatoms. The minimum Gasteiger partial charge on any atom is -0.315 e. The van der Waals surface area contributed by atoms with Crippen LogP contribution in [0.3, 0.4) is 0 Å². The Balaban J connectivity index is 0.00000180. The van der Waals surface area contributed by atoms with Crippen LogP contribution < -0.4 is 5.32 Å². The third kappa shape index (κ3) is 3.08. The minimum atomic E-state index is -3.62. The molecule has 0 radical (unpaired) electrons. The number of hydrogen-bond donors (Lipinski definition) is 1. The highest BCUT2D eigenvalue weighted by molar-refractivity contribution is 7.89. The quantitative estimate of drug-likeness (QED) is 0.921. The first-order chi connectivity index (χ1) is 8.44. The van der Waals surface area contributed by atoms with Gasteiger partial charge in [-0.2, -0.15) is 4.31 Å². The summed E-state index contributed by atoms with van der Waals surface area (Å²) in [6.45, 7) is 2.94. The summed E-state index contributed by atoms with van der Waals surface area (Å²) in [5.41, 5.74) is 0.176. The smallest absolute Gasteiger partial charge is 0.243 e. The largest absolute Gasteiger partial charge is 0.315 e. The molecule has 4 nitrogen and oxygen atoms in total. The molecule has 108 valence electrons. The van der Waals surface area contributed by atoms with Crippen molar-refractivity contribution in [2.45, 2.75) is 24.3 Å². The van der Waals surface area contributed by atoms with E-state index in [1.165, 1.54) is 29.4 Å². The van der Waals surface area contributed by atoms with Crippen LogP contribution in [0.4, 0.5) is 4.39 Å². The molecule has 1 atom stereocenters. The van der Waals surface area contributed by atoms with Crippen molar-refractivity contribution in [2.24, 2.45) is 0 Å². The lowest BCUT2D eigenvalue weighted by Crippen LogP contribution is -2.38. The minimum absolute atomic E-state index is 0. The molecule has 0 bridgehead atoms. The van der Waals surface area contributed by atoms with Crippen molar-refractivity contribution in [1.29, 1.82) is 0 Å². The van der Waals surface area contributed by atoms with Crippen LogP contribution in [0.2, 0.25) is 0 Å². The van der Waals surface area contributed by atoms with Gasteiger partial charge in [0.15, 0.2) is 0 Å². The summed E-state index contributed by atoms with van der Waals surface area (Å²) in [5.74, 6) is -0.492. The van der Waals surface area contributed by atoms with Crippen LogP contribution in [0.15, 0.2) is 23.1 Å². The van der Waals surface area contributed by atoms with Gasteiger partial charge in [-0.3, -0.25) is 0 Å². The average molecular weight is 309 g/mol. The lowest BCUT2D eigenvalue weighted by Gasteiger charge is -2.24. The van der Waals surface area contributed by atoms with Gasteiger partial charge in [0.2, 0.25) is 10.0 Å². The maximum atomic E-state index is 13.5. The Morgan fingerprint density at radius 2 is 2.11 bits per heavy atom. The van der Waals surface area contributed by atoms with Crippen molar-refractivity contribution in [3.05, 3.63) is 29.6 Å². The van der Waals surface area contributed by atoms with Crippen molar-refractivity contribution in [3.8, 4) is 0 Å². The summed E-state index contributed by atoms with van der Waals surface area (Å²) in [5, 5.41) is 3.12. The molecule has 1 saturated heterocycles. The second-order valence-electron chi connectivity index (χ2n) is 4.53. The molecule has 1 aromatic carbocycles. The number of benzene rings is 1. The standard InChI is InChI=1S/C12H17FN2O2S.ClH/c1-9-11(13)4-3-5-12(9)18(16,17)15(2)10-6-7-14-8-10;/h3-5,10,14H,6-8H2,1-2H3;1H. The molecule has 1 fully saturated rings. The Morgan fingerprint density at radius 3 is 2.68 bits per heavy atom. The monoisotopic (exact) mass is 308 g/mol. The molecule has 1 unspecified atom stereocenters. The van der Waals surface area contributed by atoms with Crippen molar-refractivity contribution in [2.75, 3.05) is 20.1 Å². The van der Waals surface area contributed by atoms with Crippen molar-refractivity contribution < 1.29 is 12.8 Å². The molecule has 1 N–H and O–H groups in total. The zero-order chi connectivity index (χ0) is 13.3. The van der Waals surface area contributed by atoms with Crippen LogP contribution in [0, 0.1) is 12.7 Å². The van der Waals surface area contributed by atoms with Crippen molar-refractivity contribution >= 4 is 22.4 Å². The Bertz CT molecular complexity index is 545. The van der Waals surface area contributed by atoms with Gasteiger partial charge < -0.3 is 5.32 Å². The van der Waals surface area contributed by atoms with Gasteiger partial charge in [0.25, 0.3) is 0 Å². The average Bonchev–Trinajstić information content (AvgIpc) is 2.85. The number of nitrogens with zero attached hydrogens (tertiary/aromatic N) is 1. The molecule has 0 spiro atoms. The number of halogens is 2. The molecule has 1 heterocycles. The van der Waals surface area contributed by atoms with E-state index in [4.69, 9.17) is 0 Å². The predicted molar refractivity (Wildman–Crippen MR) is 74.6 cm³/mol. The maximum Gasteiger partial charge on any atom is 0.243 e. The van der Waals surface area contributed by atoms with Gasteiger partial charge in [-0.15, -0.1) is 12.4 Å². The van der Waals surface area contributed by atoms with E-state index in [0.29, 0.717) is 6.54 Å². The summed E-state index contributed by atoms with van der Waals surface area (Å²) >= 11 is 0. The summed E-state index contributed by atoms with van der Waals surface area (Å²) in [6.07, 6.45) is 0.782. The molecule has 1 aromatic rings. The molecule has 1 aliphatic rings. The SMILES string of the molecule is Cc1c(F)cccc1S(=O)(=O)N(C)C1CCNC1.Cl. The first-order valence-corrected chi connectivity index (χ1v) is 7.32. The number of likely N-dealkylation sites (N-methyl/N-ethyl adjacent to an activating group) is 1. The van der Waals surface area contributed by atoms with Gasteiger partial charge in [-0.1, -0.05) is 6.07 Å². The fourth-order valence-electron chi connectivity index (χ4n) is 2.17. The zero-order valence-corrected chi connectivity index (χ0v) is 12.5. The van der Waals surface area contributed by atoms with Gasteiger partial charge in [0, 0.05) is 25.2 Å². The predicted octanol–water partition coefficient (Wildman–Crippen LogP) is 1.54. The van der Waals surface area contributed by atoms with Gasteiger partial charge in [0.1, 0.15) is 5.82 Å². The normalized spacial score (nSPS) is 19.5. The van der Waals surface area contributed by atoms with E-state index in [2.05, 4.69) is 5.32 Å². The molecule has 19 heavy (non-hydrogen) atoms. The lowest BCUT2D eigenvalue weighted by molar-refractivity contribution is 0.387. The Hall–Kier alpha value is -0.690. The fraction of sp³-hybridized carbons (Fsp3) is 0.500. The summed E-state index contributed by atoms with van der Waals surface area (Å²) in [6, 6.07) is 4.09. The van der Waals surface area contributed by atoms with E-state index in [9.17, 15) is 12.8 Å². The molecule has 0 aliphatic carbocycles. The van der Waals surface area contributed by atoms with Crippen LogP contribution in [-0.2, 0) is 10.0 Å². The van der Waals surface area contributed by atoms with Gasteiger partial charge >= 0.3 is 0 Å². The van der Waals surface area contributed by atoms with E-state index in [0.717, 1.165) is 13.0 Å². The van der Waals surface area contributed by atoms with Gasteiger partial charge in [0.05, 0.1) is 4.90 Å². The van der Waals surface area contributed by atoms with E-state index < -0.39 is 15.8 Å². The van der Waals surface area contributed by atoms with Crippen molar-refractivity contribution in [1.82, 2.24) is 9.62 Å². The summed E-state index contributed by atoms with van der Waals surface area (Å²) in [4.78, 5) is 0.0527. The molecule has 2 rings (SSSR count). The summed E-state index contributed by atoms with van der Waals surface area (Å²) < 4.78 is 39.6. The number of hydrogen-bond acceptors (Lipinski definition) is 3. The van der Waals surface area contributed by atoms with E-state index >= 15 is 0 Å². The first-order valence-electron chi connectivity index (χ1n) is 5.88. The highest BCUT2D eigenvalue weighted by Crippen LogP contribution is 2.23. The highest BCUT2D eigenvalue weighted by Gasteiger charge is 2.31. The molecule has 0 aromatic heterocycles. The third-order valence-electron chi connectivity index (χ3n) is 3.42. The number of sulfonamides is 1. The molecule has 0 saturated carbocycles. The van der Waals surface area contributed by atoms with Crippen LogP contribution in [0.1, 0.15) is 12.0 Å². The second kappa shape index (κ2) is 6.17. The van der Waals surface area contributed by atoms with Crippen molar-refractivity contribution in [3.63, 3.8) is 0 Å². The third-order valence-corrected chi connectivity index (χ3v) is 5.48. The summed E-state index contributed by atoms with van der Waals surface area (Å²) in [7, 11) is -2.07. The van der Waals surface area contributed by atoms with Gasteiger partial charge in [-0.25, -0.2) is 12.8 Å². The fourth-order valence-corrected chi connectivity index (χ4v) is 3.79. The topological polar surface area (TPSA) is 49.4 Å². The first kappa shape index (κ1) is 16.4. The van der Waals surface area contributed by atoms with Crippen LogP contribution in [-0.4, -0.2) is 38.9 Å². The Labute approximate surface area is 119 Å². The maximum absolute atomic E-state index is 13.5. The molecule has 0 amide bonds. The highest BCUT2D eigenvalue weighted by atomic mass is 35.5. The van der Waals surface area contributed by atoms with Crippen LogP contribution in [0.5, 0.6) is 0 Å². The number of nitrogens with one attached hydrogen (secondary N) is 1. The Morgan fingerprint density at radius 1 is 1.42 bits per heavy atom. The van der Waals surface area contributed by atoms with Crippen LogP contribution in [0.25, 0.3) is 0 Å². The lowest BCUT2D eigenvalue weighted by atomic mass is 10.2. The van der Waals surface area contributed by atoms with E-state index in [-0.39, 0.29) is 28.9 Å².